The van der Waals surface area contributed by atoms with Gasteiger partial charge in [0.2, 0.25) is 5.70 Å². The number of aliphatic hydroxyl groups is 1. The van der Waals surface area contributed by atoms with Gasteiger partial charge in [-0.3, -0.25) is 0 Å². The summed E-state index contributed by atoms with van der Waals surface area (Å²) in [5.41, 5.74) is 1.48. The smallest absolute Gasteiger partial charge is 0.239 e. The molecule has 0 aliphatic carbocycles. The zero-order valence-electron chi connectivity index (χ0n) is 13.9. The third kappa shape index (κ3) is 4.66. The average molecular weight is 437 g/mol. The Hall–Kier alpha value is -1.96. The van der Waals surface area contributed by atoms with Crippen LogP contribution >= 0.6 is 46.8 Å². The molecular formula is C19H14Cl2N2O2S2. The van der Waals surface area contributed by atoms with Gasteiger partial charge in [0, 0.05) is 16.5 Å². The van der Waals surface area contributed by atoms with E-state index < -0.39 is 0 Å². The summed E-state index contributed by atoms with van der Waals surface area (Å²) in [6.45, 7) is -0.155. The molecule has 0 fully saturated rings. The first-order valence-corrected chi connectivity index (χ1v) is 9.82. The lowest BCUT2D eigenvalue weighted by atomic mass is 10.2. The van der Waals surface area contributed by atoms with Crippen LogP contribution in [0.25, 0.3) is 11.5 Å². The Kier molecular flexibility index (Phi) is 6.46. The number of thiocarbonyl (C=S) groups is 1. The number of aromatic nitrogens is 1. The maximum atomic E-state index is 13.1. The fraction of sp³-hybridized carbons (Fsp3) is 0.0526. The predicted molar refractivity (Wildman–Crippen MR) is 113 cm³/mol. The molecule has 0 spiro atoms. The van der Waals surface area contributed by atoms with Gasteiger partial charge in [-0.15, -0.1) is 11.3 Å². The van der Waals surface area contributed by atoms with Crippen LogP contribution in [0, 0.1) is 0 Å². The van der Waals surface area contributed by atoms with Gasteiger partial charge >= 0.3 is 0 Å². The van der Waals surface area contributed by atoms with Crippen LogP contribution in [0.2, 0.25) is 9.36 Å². The predicted octanol–water partition coefficient (Wildman–Crippen LogP) is 3.96. The minimum absolute atomic E-state index is 0.155. The minimum atomic E-state index is -0.281. The number of benzene rings is 1. The number of halogens is 2. The SMILES string of the molecule is [O-]/C(=C(\C(=S)Nc1ccccc1Cl)[n+]1cccc(CO)c1)c1ccc(Cl)s1. The lowest BCUT2D eigenvalue weighted by molar-refractivity contribution is -0.578. The number of aliphatic hydroxyl groups excluding tert-OH is 1. The van der Waals surface area contributed by atoms with E-state index in [1.54, 1.807) is 59.4 Å². The second-order valence-corrected chi connectivity index (χ2v) is 8.02. The van der Waals surface area contributed by atoms with Crippen LogP contribution < -0.4 is 15.0 Å². The maximum absolute atomic E-state index is 13.1. The van der Waals surface area contributed by atoms with E-state index in [4.69, 9.17) is 35.4 Å². The van der Waals surface area contributed by atoms with Crippen molar-refractivity contribution in [1.82, 2.24) is 0 Å². The monoisotopic (exact) mass is 436 g/mol. The summed E-state index contributed by atoms with van der Waals surface area (Å²) in [5.74, 6) is -0.281. The van der Waals surface area contributed by atoms with Crippen molar-refractivity contribution in [3.63, 3.8) is 0 Å². The standard InChI is InChI=1S/C19H14Cl2N2O2S2/c20-13-5-1-2-6-14(13)22-19(26)17(18(25)15-7-8-16(21)27-15)23-9-3-4-12(10-23)11-24/h1-10,24H,11H2,(H-,22,25,26). The number of nitrogens with zero attached hydrogens (tertiary/aromatic N) is 1. The first-order chi connectivity index (χ1) is 13.0. The summed E-state index contributed by atoms with van der Waals surface area (Å²) < 4.78 is 2.10. The van der Waals surface area contributed by atoms with Gasteiger partial charge in [0.25, 0.3) is 0 Å². The molecule has 3 aromatic rings. The van der Waals surface area contributed by atoms with Crippen LogP contribution in [-0.2, 0) is 6.61 Å². The number of hydrogen-bond donors (Lipinski definition) is 2. The van der Waals surface area contributed by atoms with Crippen LogP contribution in [0.1, 0.15) is 10.4 Å². The lowest BCUT2D eigenvalue weighted by Crippen LogP contribution is -2.40. The zero-order chi connectivity index (χ0) is 19.4. The molecule has 0 aliphatic heterocycles. The molecule has 2 heterocycles. The lowest BCUT2D eigenvalue weighted by Gasteiger charge is -2.16. The highest BCUT2D eigenvalue weighted by molar-refractivity contribution is 7.81. The normalized spacial score (nSPS) is 11.8. The molecule has 0 atom stereocenters. The fourth-order valence-electron chi connectivity index (χ4n) is 2.39. The van der Waals surface area contributed by atoms with E-state index in [0.29, 0.717) is 25.5 Å². The Morgan fingerprint density at radius 3 is 2.59 bits per heavy atom. The van der Waals surface area contributed by atoms with Crippen LogP contribution in [0.5, 0.6) is 0 Å². The van der Waals surface area contributed by atoms with Crippen LogP contribution in [0.4, 0.5) is 5.69 Å². The van der Waals surface area contributed by atoms with Crippen molar-refractivity contribution in [3.8, 4) is 0 Å². The second-order valence-electron chi connectivity index (χ2n) is 5.49. The molecule has 138 valence electrons. The number of nitrogens with one attached hydrogen (secondary N) is 1. The van der Waals surface area contributed by atoms with Gasteiger partial charge in [-0.1, -0.05) is 47.6 Å². The highest BCUT2D eigenvalue weighted by Gasteiger charge is 2.20. The van der Waals surface area contributed by atoms with Gasteiger partial charge in [0.05, 0.1) is 21.7 Å². The minimum Gasteiger partial charge on any atom is -0.867 e. The number of pyridine rings is 1. The van der Waals surface area contributed by atoms with Crippen molar-refractivity contribution in [1.29, 1.82) is 0 Å². The summed E-state index contributed by atoms with van der Waals surface area (Å²) in [5, 5.41) is 26.1. The molecule has 8 heteroatoms. The number of hydrogen-bond acceptors (Lipinski definition) is 4. The molecule has 1 aromatic carbocycles. The Morgan fingerprint density at radius 2 is 1.93 bits per heavy atom. The number of rotatable bonds is 5. The molecule has 27 heavy (non-hydrogen) atoms. The molecule has 0 saturated heterocycles. The maximum Gasteiger partial charge on any atom is 0.239 e. The molecule has 0 saturated carbocycles. The summed E-state index contributed by atoms with van der Waals surface area (Å²) in [4.78, 5) is 0.665. The molecule has 0 unspecified atom stereocenters. The molecule has 0 amide bonds. The average Bonchev–Trinajstić information content (AvgIpc) is 3.10. The molecule has 2 N–H and O–H groups in total. The molecule has 0 aliphatic rings. The van der Waals surface area contributed by atoms with Crippen molar-refractivity contribution < 1.29 is 14.8 Å². The first-order valence-electron chi connectivity index (χ1n) is 7.84. The summed E-state index contributed by atoms with van der Waals surface area (Å²) in [6.07, 6.45) is 3.35. The molecule has 4 nitrogen and oxygen atoms in total. The van der Waals surface area contributed by atoms with Crippen molar-refractivity contribution in [2.24, 2.45) is 0 Å². The van der Waals surface area contributed by atoms with E-state index in [2.05, 4.69) is 5.32 Å². The van der Waals surface area contributed by atoms with Gasteiger partial charge in [0.15, 0.2) is 17.4 Å². The van der Waals surface area contributed by atoms with E-state index in [1.165, 1.54) is 11.3 Å². The number of para-hydroxylation sites is 1. The molecule has 3 rings (SSSR count). The van der Waals surface area contributed by atoms with Crippen LogP contribution in [0.15, 0.2) is 60.9 Å². The second kappa shape index (κ2) is 8.82. The van der Waals surface area contributed by atoms with E-state index in [9.17, 15) is 10.2 Å². The van der Waals surface area contributed by atoms with Crippen molar-refractivity contribution in [2.45, 2.75) is 6.61 Å². The fourth-order valence-corrected chi connectivity index (χ4v) is 3.87. The Balaban J connectivity index is 2.09. The largest absolute Gasteiger partial charge is 0.867 e. The third-order valence-electron chi connectivity index (χ3n) is 3.65. The van der Waals surface area contributed by atoms with Gasteiger partial charge in [-0.05, 0) is 36.1 Å². The summed E-state index contributed by atoms with van der Waals surface area (Å²) in [6, 6.07) is 13.9. The van der Waals surface area contributed by atoms with Gasteiger partial charge < -0.3 is 15.5 Å². The number of anilines is 1. The van der Waals surface area contributed by atoms with Crippen molar-refractivity contribution in [3.05, 3.63) is 80.7 Å². The van der Waals surface area contributed by atoms with Crippen molar-refractivity contribution >= 4 is 68.9 Å². The summed E-state index contributed by atoms with van der Waals surface area (Å²) >= 11 is 18.9. The number of thiophene rings is 1. The van der Waals surface area contributed by atoms with E-state index in [1.807, 2.05) is 6.07 Å². The van der Waals surface area contributed by atoms with E-state index in [-0.39, 0.29) is 23.1 Å². The molecule has 2 aromatic heterocycles. The van der Waals surface area contributed by atoms with Crippen molar-refractivity contribution in [2.75, 3.05) is 5.32 Å². The highest BCUT2D eigenvalue weighted by atomic mass is 35.5. The quantitative estimate of drug-likeness (QED) is 0.275. The highest BCUT2D eigenvalue weighted by Crippen LogP contribution is 2.28. The molecule has 0 radical (unpaired) electrons. The summed E-state index contributed by atoms with van der Waals surface area (Å²) in [7, 11) is 0. The topological polar surface area (TPSA) is 59.2 Å². The van der Waals surface area contributed by atoms with E-state index >= 15 is 0 Å². The first kappa shape index (κ1) is 19.8. The molecule has 0 bridgehead atoms. The van der Waals surface area contributed by atoms with Gasteiger partial charge in [-0.2, -0.15) is 4.57 Å². The zero-order valence-corrected chi connectivity index (χ0v) is 17.0. The third-order valence-corrected chi connectivity index (χ3v) is 5.51. The van der Waals surface area contributed by atoms with E-state index in [0.717, 1.165) is 0 Å². The Bertz CT molecular complexity index is 1020. The molecular weight excluding hydrogens is 423 g/mol. The van der Waals surface area contributed by atoms with Gasteiger partial charge in [0.1, 0.15) is 0 Å². The Morgan fingerprint density at radius 1 is 1.15 bits per heavy atom. The Labute approximate surface area is 175 Å². The van der Waals surface area contributed by atoms with Crippen LogP contribution in [-0.4, -0.2) is 10.1 Å². The van der Waals surface area contributed by atoms with Gasteiger partial charge in [-0.25, -0.2) is 0 Å². The van der Waals surface area contributed by atoms with Crippen LogP contribution in [0.3, 0.4) is 0 Å².